The maximum Gasteiger partial charge on any atom is 0.252 e. The molecule has 0 fully saturated rings. The predicted octanol–water partition coefficient (Wildman–Crippen LogP) is 3.70. The average molecular weight is 272 g/mol. The molecular formula is C17H24N2O. The van der Waals surface area contributed by atoms with E-state index in [4.69, 9.17) is 5.26 Å². The van der Waals surface area contributed by atoms with Crippen LogP contribution in [0, 0.1) is 16.7 Å². The van der Waals surface area contributed by atoms with Crippen LogP contribution in [-0.2, 0) is 6.42 Å². The number of benzene rings is 1. The number of amides is 1. The number of carbonyl (C=O) groups excluding carboxylic acids is 1. The van der Waals surface area contributed by atoms with Gasteiger partial charge in [-0.05, 0) is 37.3 Å². The molecule has 0 heterocycles. The van der Waals surface area contributed by atoms with Gasteiger partial charge in [-0.25, -0.2) is 0 Å². The summed E-state index contributed by atoms with van der Waals surface area (Å²) in [5.41, 5.74) is 1.23. The highest BCUT2D eigenvalue weighted by atomic mass is 16.1. The lowest BCUT2D eigenvalue weighted by Gasteiger charge is -2.33. The molecule has 1 amide bonds. The standard InChI is InChI=1S/C17H24N2O/c1-16(2,3)12-17(4,5)19-15(20)14-9-7-6-8-13(14)10-11-18/h6-9H,10,12H2,1-5H3,(H,19,20). The third kappa shape index (κ3) is 5.05. The lowest BCUT2D eigenvalue weighted by atomic mass is 9.81. The second-order valence-corrected chi connectivity index (χ2v) is 7.07. The number of rotatable bonds is 4. The van der Waals surface area contributed by atoms with Crippen LogP contribution in [0.1, 0.15) is 57.0 Å². The van der Waals surface area contributed by atoms with Crippen LogP contribution >= 0.6 is 0 Å². The third-order valence-electron chi connectivity index (χ3n) is 2.96. The first-order valence-electron chi connectivity index (χ1n) is 6.92. The molecule has 0 saturated heterocycles. The quantitative estimate of drug-likeness (QED) is 0.908. The van der Waals surface area contributed by atoms with Crippen molar-refractivity contribution in [1.29, 1.82) is 5.26 Å². The SMILES string of the molecule is CC(C)(C)CC(C)(C)NC(=O)c1ccccc1CC#N. The summed E-state index contributed by atoms with van der Waals surface area (Å²) in [6.45, 7) is 10.5. The number of nitrogens with one attached hydrogen (secondary N) is 1. The Bertz CT molecular complexity index is 519. The second kappa shape index (κ2) is 6.09. The van der Waals surface area contributed by atoms with Gasteiger partial charge in [0.2, 0.25) is 0 Å². The highest BCUT2D eigenvalue weighted by Crippen LogP contribution is 2.27. The van der Waals surface area contributed by atoms with Gasteiger partial charge in [-0.15, -0.1) is 0 Å². The van der Waals surface area contributed by atoms with E-state index in [-0.39, 0.29) is 23.3 Å². The Balaban J connectivity index is 2.89. The number of carbonyl (C=O) groups is 1. The van der Waals surface area contributed by atoms with E-state index in [1.165, 1.54) is 0 Å². The van der Waals surface area contributed by atoms with Crippen molar-refractivity contribution in [3.8, 4) is 6.07 Å². The van der Waals surface area contributed by atoms with E-state index in [0.29, 0.717) is 5.56 Å². The number of hydrogen-bond acceptors (Lipinski definition) is 2. The van der Waals surface area contributed by atoms with E-state index in [9.17, 15) is 4.79 Å². The first-order valence-corrected chi connectivity index (χ1v) is 6.92. The molecular weight excluding hydrogens is 248 g/mol. The molecule has 0 atom stereocenters. The van der Waals surface area contributed by atoms with Crippen LogP contribution < -0.4 is 5.32 Å². The first-order chi connectivity index (χ1) is 9.14. The van der Waals surface area contributed by atoms with Gasteiger partial charge >= 0.3 is 0 Å². The zero-order chi connectivity index (χ0) is 15.4. The molecule has 108 valence electrons. The smallest absolute Gasteiger partial charge is 0.252 e. The van der Waals surface area contributed by atoms with Crippen LogP contribution in [0.4, 0.5) is 0 Å². The molecule has 0 unspecified atom stereocenters. The maximum absolute atomic E-state index is 12.4. The molecule has 0 aliphatic rings. The van der Waals surface area contributed by atoms with E-state index in [0.717, 1.165) is 12.0 Å². The van der Waals surface area contributed by atoms with E-state index < -0.39 is 0 Å². The Morgan fingerprint density at radius 3 is 2.35 bits per heavy atom. The summed E-state index contributed by atoms with van der Waals surface area (Å²) in [7, 11) is 0. The highest BCUT2D eigenvalue weighted by molar-refractivity contribution is 5.96. The van der Waals surface area contributed by atoms with Gasteiger partial charge in [0.25, 0.3) is 5.91 Å². The molecule has 20 heavy (non-hydrogen) atoms. The Labute approximate surface area is 122 Å². The maximum atomic E-state index is 12.4. The van der Waals surface area contributed by atoms with E-state index in [2.05, 4.69) is 32.2 Å². The fourth-order valence-electron chi connectivity index (χ4n) is 2.73. The molecule has 1 aromatic carbocycles. The number of nitrogens with zero attached hydrogens (tertiary/aromatic N) is 1. The van der Waals surface area contributed by atoms with E-state index in [1.54, 1.807) is 6.07 Å². The summed E-state index contributed by atoms with van der Waals surface area (Å²) in [6.07, 6.45) is 1.13. The summed E-state index contributed by atoms with van der Waals surface area (Å²) in [6, 6.07) is 9.38. The van der Waals surface area contributed by atoms with Crippen molar-refractivity contribution in [2.75, 3.05) is 0 Å². The zero-order valence-corrected chi connectivity index (χ0v) is 13.1. The lowest BCUT2D eigenvalue weighted by molar-refractivity contribution is 0.0890. The summed E-state index contributed by atoms with van der Waals surface area (Å²) in [5.74, 6) is -0.106. The van der Waals surface area contributed by atoms with Gasteiger partial charge in [0.1, 0.15) is 0 Å². The monoisotopic (exact) mass is 272 g/mol. The molecule has 0 aliphatic heterocycles. The average Bonchev–Trinajstić information content (AvgIpc) is 2.25. The summed E-state index contributed by atoms with van der Waals surface area (Å²) in [5, 5.41) is 11.9. The molecule has 1 rings (SSSR count). The Morgan fingerprint density at radius 2 is 1.80 bits per heavy atom. The third-order valence-corrected chi connectivity index (χ3v) is 2.96. The summed E-state index contributed by atoms with van der Waals surface area (Å²) >= 11 is 0. The minimum absolute atomic E-state index is 0.106. The second-order valence-electron chi connectivity index (χ2n) is 7.07. The normalized spacial score (nSPS) is 11.8. The van der Waals surface area contributed by atoms with E-state index >= 15 is 0 Å². The van der Waals surface area contributed by atoms with Crippen LogP contribution in [0.3, 0.4) is 0 Å². The largest absolute Gasteiger partial charge is 0.347 e. The minimum Gasteiger partial charge on any atom is -0.347 e. The molecule has 0 saturated carbocycles. The minimum atomic E-state index is -0.283. The van der Waals surface area contributed by atoms with Crippen molar-refractivity contribution < 1.29 is 4.79 Å². The van der Waals surface area contributed by atoms with Crippen LogP contribution in [0.15, 0.2) is 24.3 Å². The fourth-order valence-corrected chi connectivity index (χ4v) is 2.73. The highest BCUT2D eigenvalue weighted by Gasteiger charge is 2.27. The fraction of sp³-hybridized carbons (Fsp3) is 0.529. The van der Waals surface area contributed by atoms with Gasteiger partial charge in [0, 0.05) is 11.1 Å². The van der Waals surface area contributed by atoms with Crippen LogP contribution in [0.2, 0.25) is 0 Å². The Morgan fingerprint density at radius 1 is 1.20 bits per heavy atom. The molecule has 0 spiro atoms. The molecule has 3 heteroatoms. The van der Waals surface area contributed by atoms with Crippen LogP contribution in [0.25, 0.3) is 0 Å². The van der Waals surface area contributed by atoms with Crippen molar-refractivity contribution in [2.45, 2.75) is 53.0 Å². The summed E-state index contributed by atoms with van der Waals surface area (Å²) < 4.78 is 0. The van der Waals surface area contributed by atoms with Gasteiger partial charge in [0.15, 0.2) is 0 Å². The van der Waals surface area contributed by atoms with Crippen molar-refractivity contribution in [3.05, 3.63) is 35.4 Å². The number of hydrogen-bond donors (Lipinski definition) is 1. The van der Waals surface area contributed by atoms with Crippen LogP contribution in [0.5, 0.6) is 0 Å². The van der Waals surface area contributed by atoms with Crippen molar-refractivity contribution >= 4 is 5.91 Å². The Hall–Kier alpha value is -1.82. The molecule has 1 N–H and O–H groups in total. The van der Waals surface area contributed by atoms with Crippen molar-refractivity contribution in [1.82, 2.24) is 5.32 Å². The van der Waals surface area contributed by atoms with Gasteiger partial charge in [0.05, 0.1) is 12.5 Å². The molecule has 3 nitrogen and oxygen atoms in total. The van der Waals surface area contributed by atoms with Gasteiger partial charge in [-0.1, -0.05) is 39.0 Å². The molecule has 0 radical (unpaired) electrons. The summed E-state index contributed by atoms with van der Waals surface area (Å²) in [4.78, 5) is 12.4. The van der Waals surface area contributed by atoms with Gasteiger partial charge in [-0.2, -0.15) is 5.26 Å². The number of nitriles is 1. The lowest BCUT2D eigenvalue weighted by Crippen LogP contribution is -2.46. The van der Waals surface area contributed by atoms with Crippen molar-refractivity contribution in [3.63, 3.8) is 0 Å². The Kier molecular flexibility index (Phi) is 4.94. The molecule has 0 aliphatic carbocycles. The molecule has 1 aromatic rings. The van der Waals surface area contributed by atoms with E-state index in [1.807, 2.05) is 32.0 Å². The topological polar surface area (TPSA) is 52.9 Å². The van der Waals surface area contributed by atoms with Gasteiger partial charge in [-0.3, -0.25) is 4.79 Å². The van der Waals surface area contributed by atoms with Gasteiger partial charge < -0.3 is 5.32 Å². The van der Waals surface area contributed by atoms with Crippen molar-refractivity contribution in [2.24, 2.45) is 5.41 Å². The predicted molar refractivity (Wildman–Crippen MR) is 81.4 cm³/mol. The zero-order valence-electron chi connectivity index (χ0n) is 13.1. The van der Waals surface area contributed by atoms with Crippen LogP contribution in [-0.4, -0.2) is 11.4 Å². The first kappa shape index (κ1) is 16.2. The molecule has 0 bridgehead atoms. The molecule has 0 aromatic heterocycles.